The van der Waals surface area contributed by atoms with E-state index in [1.807, 2.05) is 6.08 Å². The Bertz CT molecular complexity index is 288. The van der Waals surface area contributed by atoms with Crippen LogP contribution >= 0.6 is 0 Å². The third-order valence-electron chi connectivity index (χ3n) is 2.79. The molecule has 0 spiro atoms. The van der Waals surface area contributed by atoms with Crippen LogP contribution in [0.15, 0.2) is 34.6 Å². The molecule has 2 saturated heterocycles. The van der Waals surface area contributed by atoms with Gasteiger partial charge in [-0.1, -0.05) is 0 Å². The second kappa shape index (κ2) is 4.50. The van der Waals surface area contributed by atoms with Crippen molar-refractivity contribution >= 4 is 17.7 Å². The SMILES string of the molecule is C1CN2CC2O1.[Li][C]1=C(C=C)C=CC1. The first-order chi connectivity index (χ1) is 6.81. The molecule has 2 atom stereocenters. The van der Waals surface area contributed by atoms with Crippen molar-refractivity contribution in [2.75, 3.05) is 19.7 Å². The number of rotatable bonds is 1. The second-order valence-electron chi connectivity index (χ2n) is 3.87. The number of hydrogen-bond donors (Lipinski definition) is 0. The predicted octanol–water partition coefficient (Wildman–Crippen LogP) is 1.21. The predicted molar refractivity (Wildman–Crippen MR) is 58.0 cm³/mol. The molecule has 0 aromatic heterocycles. The number of nitrogens with zero attached hydrogens (tertiary/aromatic N) is 1. The molecule has 0 aromatic rings. The minimum atomic E-state index is 0.546. The quantitative estimate of drug-likeness (QED) is 0.447. The first kappa shape index (κ1) is 10.3. The Labute approximate surface area is 94.5 Å². The van der Waals surface area contributed by atoms with Crippen LogP contribution in [-0.2, 0) is 4.74 Å². The van der Waals surface area contributed by atoms with Gasteiger partial charge in [-0.3, -0.25) is 4.90 Å². The van der Waals surface area contributed by atoms with Crippen LogP contribution in [0.2, 0.25) is 0 Å². The normalized spacial score (nSPS) is 32.4. The van der Waals surface area contributed by atoms with E-state index in [1.54, 1.807) is 0 Å². The van der Waals surface area contributed by atoms with E-state index in [9.17, 15) is 0 Å². The molecule has 2 fully saturated rings. The summed E-state index contributed by atoms with van der Waals surface area (Å²) in [5, 5.41) is 0. The van der Waals surface area contributed by atoms with Gasteiger partial charge in [0.15, 0.2) is 0 Å². The molecule has 14 heavy (non-hydrogen) atoms. The molecular formula is C11H14LiNO. The molecule has 2 nitrogen and oxygen atoms in total. The van der Waals surface area contributed by atoms with Crippen LogP contribution in [0.4, 0.5) is 0 Å². The molecule has 2 unspecified atom stereocenters. The van der Waals surface area contributed by atoms with Crippen LogP contribution in [-0.4, -0.2) is 48.5 Å². The van der Waals surface area contributed by atoms with Crippen LogP contribution in [0, 0.1) is 0 Å². The number of fused-ring (bicyclic) bond motifs is 1. The Morgan fingerprint density at radius 1 is 1.64 bits per heavy atom. The Kier molecular flexibility index (Phi) is 3.30. The fraction of sp³-hybridized carbons (Fsp3) is 0.455. The molecule has 70 valence electrons. The summed E-state index contributed by atoms with van der Waals surface area (Å²) in [6.45, 7) is 7.01. The molecule has 3 heteroatoms. The maximum absolute atomic E-state index is 5.15. The van der Waals surface area contributed by atoms with Gasteiger partial charge in [0, 0.05) is 13.1 Å². The minimum absolute atomic E-state index is 0.546. The van der Waals surface area contributed by atoms with Crippen molar-refractivity contribution in [2.45, 2.75) is 12.6 Å². The van der Waals surface area contributed by atoms with Crippen molar-refractivity contribution in [1.82, 2.24) is 4.90 Å². The number of allylic oxidation sites excluding steroid dienone is 5. The summed E-state index contributed by atoms with van der Waals surface area (Å²) in [6.07, 6.45) is 7.83. The van der Waals surface area contributed by atoms with Crippen molar-refractivity contribution in [3.05, 3.63) is 34.6 Å². The van der Waals surface area contributed by atoms with Crippen molar-refractivity contribution in [3.8, 4) is 0 Å². The third-order valence-corrected chi connectivity index (χ3v) is 2.79. The zero-order valence-corrected chi connectivity index (χ0v) is 8.70. The Hall–Kier alpha value is -0.263. The Morgan fingerprint density at radius 2 is 2.50 bits per heavy atom. The zero-order valence-electron chi connectivity index (χ0n) is 8.70. The van der Waals surface area contributed by atoms with E-state index in [1.165, 1.54) is 22.9 Å². The summed E-state index contributed by atoms with van der Waals surface area (Å²) in [6, 6.07) is 0. The van der Waals surface area contributed by atoms with Crippen LogP contribution in [0.5, 0.6) is 0 Å². The van der Waals surface area contributed by atoms with Gasteiger partial charge in [-0.2, -0.15) is 0 Å². The van der Waals surface area contributed by atoms with Crippen LogP contribution < -0.4 is 0 Å². The molecule has 0 amide bonds. The third kappa shape index (κ3) is 2.40. The summed E-state index contributed by atoms with van der Waals surface area (Å²) in [4.78, 5) is 2.31. The van der Waals surface area contributed by atoms with Gasteiger partial charge < -0.3 is 4.74 Å². The number of ether oxygens (including phenoxy) is 1. The molecule has 3 rings (SSSR count). The van der Waals surface area contributed by atoms with Gasteiger partial charge in [-0.25, -0.2) is 0 Å². The summed E-state index contributed by atoms with van der Waals surface area (Å²) in [5.74, 6) is 0. The molecule has 0 aromatic carbocycles. The fourth-order valence-corrected chi connectivity index (χ4v) is 1.72. The molecule has 0 radical (unpaired) electrons. The molecule has 3 aliphatic rings. The molecule has 0 saturated carbocycles. The van der Waals surface area contributed by atoms with Gasteiger partial charge in [-0.05, 0) is 0 Å². The molecule has 0 N–H and O–H groups in total. The summed E-state index contributed by atoms with van der Waals surface area (Å²) in [7, 11) is 0. The second-order valence-corrected chi connectivity index (χ2v) is 3.87. The average Bonchev–Trinajstić information content (AvgIpc) is 2.64. The van der Waals surface area contributed by atoms with Crippen LogP contribution in [0.3, 0.4) is 0 Å². The molecule has 2 heterocycles. The fourth-order valence-electron chi connectivity index (χ4n) is 1.72. The van der Waals surface area contributed by atoms with Crippen LogP contribution in [0.1, 0.15) is 6.42 Å². The number of hydrogen-bond acceptors (Lipinski definition) is 2. The molecular weight excluding hydrogens is 169 g/mol. The topological polar surface area (TPSA) is 12.2 Å². The van der Waals surface area contributed by atoms with E-state index < -0.39 is 0 Å². The molecule has 0 bridgehead atoms. The van der Waals surface area contributed by atoms with E-state index in [0.29, 0.717) is 6.23 Å². The Balaban J connectivity index is 0.000000110. The van der Waals surface area contributed by atoms with Gasteiger partial charge in [0.25, 0.3) is 0 Å². The van der Waals surface area contributed by atoms with Gasteiger partial charge in [0.05, 0.1) is 6.61 Å². The van der Waals surface area contributed by atoms with E-state index in [0.717, 1.165) is 13.0 Å². The van der Waals surface area contributed by atoms with Gasteiger partial charge in [0.2, 0.25) is 0 Å². The van der Waals surface area contributed by atoms with E-state index in [4.69, 9.17) is 4.74 Å². The summed E-state index contributed by atoms with van der Waals surface area (Å²) >= 11 is 2.14. The van der Waals surface area contributed by atoms with Crippen molar-refractivity contribution < 1.29 is 4.74 Å². The van der Waals surface area contributed by atoms with Crippen molar-refractivity contribution in [3.63, 3.8) is 0 Å². The summed E-state index contributed by atoms with van der Waals surface area (Å²) < 4.78 is 6.58. The van der Waals surface area contributed by atoms with Gasteiger partial charge in [0.1, 0.15) is 6.23 Å². The van der Waals surface area contributed by atoms with Crippen molar-refractivity contribution in [2.24, 2.45) is 0 Å². The molecule has 2 aliphatic heterocycles. The number of morpholine rings is 1. The van der Waals surface area contributed by atoms with E-state index >= 15 is 0 Å². The van der Waals surface area contributed by atoms with E-state index in [-0.39, 0.29) is 0 Å². The van der Waals surface area contributed by atoms with Gasteiger partial charge in [-0.15, -0.1) is 0 Å². The van der Waals surface area contributed by atoms with Gasteiger partial charge >= 0.3 is 58.8 Å². The van der Waals surface area contributed by atoms with Crippen molar-refractivity contribution in [1.29, 1.82) is 0 Å². The van der Waals surface area contributed by atoms with Crippen LogP contribution in [0.25, 0.3) is 0 Å². The molecule has 1 aliphatic carbocycles. The average molecular weight is 183 g/mol. The van der Waals surface area contributed by atoms with E-state index in [2.05, 4.69) is 41.3 Å². The Morgan fingerprint density at radius 3 is 2.71 bits per heavy atom. The standard InChI is InChI=1S/C7H7.C4H7NO.Li/c1-2-7-5-3-4-6-7;1-2-6-4-3-5(1)4;/h2-3,5H,1,4H2;4H,1-3H2;. The first-order valence-corrected chi connectivity index (χ1v) is 5.15. The maximum atomic E-state index is 5.15. The first-order valence-electron chi connectivity index (χ1n) is 5.15. The zero-order chi connectivity index (χ0) is 9.97. The summed E-state index contributed by atoms with van der Waals surface area (Å²) in [5.41, 5.74) is 1.30. The monoisotopic (exact) mass is 183 g/mol.